The first kappa shape index (κ1) is 25.5. The van der Waals surface area contributed by atoms with Gasteiger partial charge in [0.2, 0.25) is 10.0 Å². The minimum Gasteiger partial charge on any atom is -0.507 e. The summed E-state index contributed by atoms with van der Waals surface area (Å²) in [5.41, 5.74) is -0.330. The van der Waals surface area contributed by atoms with E-state index in [4.69, 9.17) is 14.2 Å². The summed E-state index contributed by atoms with van der Waals surface area (Å²) < 4.78 is 42.8. The van der Waals surface area contributed by atoms with E-state index in [1.807, 2.05) is 0 Å². The van der Waals surface area contributed by atoms with Crippen LogP contribution in [0, 0.1) is 17.8 Å². The second kappa shape index (κ2) is 10.8. The fourth-order valence-electron chi connectivity index (χ4n) is 4.43. The van der Waals surface area contributed by atoms with E-state index < -0.39 is 34.3 Å². The first-order valence-electron chi connectivity index (χ1n) is 11.4. The molecule has 1 aliphatic carbocycles. The number of hydrogen-bond donors (Lipinski definition) is 1. The molecule has 10 heteroatoms. The predicted molar refractivity (Wildman–Crippen MR) is 119 cm³/mol. The Morgan fingerprint density at radius 2 is 1.91 bits per heavy atom. The smallest absolute Gasteiger partial charge is 0.344 e. The van der Waals surface area contributed by atoms with E-state index in [1.54, 1.807) is 0 Å². The van der Waals surface area contributed by atoms with E-state index in [2.05, 4.69) is 20.8 Å². The van der Waals surface area contributed by atoms with Gasteiger partial charge < -0.3 is 19.3 Å². The van der Waals surface area contributed by atoms with Gasteiger partial charge in [-0.1, -0.05) is 27.2 Å². The van der Waals surface area contributed by atoms with Crippen LogP contribution in [0.1, 0.15) is 50.4 Å². The van der Waals surface area contributed by atoms with Gasteiger partial charge >= 0.3 is 11.9 Å². The SMILES string of the molecule is CC(C)[C@@H]1CC[C@@H](C)C[C@H]1OC(=O)COC(=O)c1cc(S(=O)(=O)N2CCOCC2)ccc1O. The summed E-state index contributed by atoms with van der Waals surface area (Å²) in [5, 5.41) is 10.1. The highest BCUT2D eigenvalue weighted by Crippen LogP contribution is 2.35. The lowest BCUT2D eigenvalue weighted by atomic mass is 9.75. The molecule has 1 saturated carbocycles. The molecule has 1 heterocycles. The zero-order chi connectivity index (χ0) is 24.2. The van der Waals surface area contributed by atoms with Crippen LogP contribution in [0.5, 0.6) is 5.75 Å². The number of hydrogen-bond acceptors (Lipinski definition) is 8. The van der Waals surface area contributed by atoms with Crippen molar-refractivity contribution in [3.05, 3.63) is 23.8 Å². The van der Waals surface area contributed by atoms with E-state index in [-0.39, 0.29) is 48.8 Å². The van der Waals surface area contributed by atoms with Crippen molar-refractivity contribution >= 4 is 22.0 Å². The summed E-state index contributed by atoms with van der Waals surface area (Å²) in [6.07, 6.45) is 2.62. The second-order valence-corrected chi connectivity index (χ2v) is 11.1. The number of benzene rings is 1. The molecule has 1 aromatic carbocycles. The van der Waals surface area contributed by atoms with Gasteiger partial charge in [-0.2, -0.15) is 4.31 Å². The summed E-state index contributed by atoms with van der Waals surface area (Å²) in [7, 11) is -3.86. The molecule has 0 bridgehead atoms. The predicted octanol–water partition coefficient (Wildman–Crippen LogP) is 2.57. The van der Waals surface area contributed by atoms with E-state index in [0.717, 1.165) is 31.4 Å². The van der Waals surface area contributed by atoms with Crippen LogP contribution in [0.4, 0.5) is 0 Å². The van der Waals surface area contributed by atoms with E-state index in [1.165, 1.54) is 10.4 Å². The molecule has 1 N–H and O–H groups in total. The van der Waals surface area contributed by atoms with Crippen molar-refractivity contribution in [3.63, 3.8) is 0 Å². The number of rotatable bonds is 7. The molecule has 184 valence electrons. The Balaban J connectivity index is 1.64. The van der Waals surface area contributed by atoms with Gasteiger partial charge in [-0.3, -0.25) is 0 Å². The third-order valence-corrected chi connectivity index (χ3v) is 8.26. The number of sulfonamides is 1. The minimum absolute atomic E-state index is 0.146. The number of carbonyl (C=O) groups excluding carboxylic acids is 2. The Labute approximate surface area is 195 Å². The molecule has 1 saturated heterocycles. The van der Waals surface area contributed by atoms with Crippen LogP contribution < -0.4 is 0 Å². The fourth-order valence-corrected chi connectivity index (χ4v) is 5.87. The first-order valence-corrected chi connectivity index (χ1v) is 12.8. The largest absolute Gasteiger partial charge is 0.507 e. The highest BCUT2D eigenvalue weighted by atomic mass is 32.2. The topological polar surface area (TPSA) is 119 Å². The quantitative estimate of drug-likeness (QED) is 0.588. The zero-order valence-corrected chi connectivity index (χ0v) is 20.2. The second-order valence-electron chi connectivity index (χ2n) is 9.13. The number of ether oxygens (including phenoxy) is 3. The molecule has 1 aliphatic heterocycles. The van der Waals surface area contributed by atoms with Crippen LogP contribution in [0.25, 0.3) is 0 Å². The third-order valence-electron chi connectivity index (χ3n) is 6.36. The van der Waals surface area contributed by atoms with Crippen LogP contribution in [0.15, 0.2) is 23.1 Å². The standard InChI is InChI=1S/C23H33NO8S/c1-15(2)18-6-4-16(3)12-21(18)32-22(26)14-31-23(27)19-13-17(5-7-20(19)25)33(28,29)24-8-10-30-11-9-24/h5,7,13,15-16,18,21,25H,4,6,8-12,14H2,1-3H3/t16-,18+,21-/m1/s1. The average Bonchev–Trinajstić information content (AvgIpc) is 2.78. The molecule has 0 amide bonds. The Hall–Kier alpha value is -2.17. The van der Waals surface area contributed by atoms with Crippen LogP contribution in [-0.2, 0) is 29.0 Å². The van der Waals surface area contributed by atoms with E-state index in [0.29, 0.717) is 11.8 Å². The van der Waals surface area contributed by atoms with Crippen molar-refractivity contribution in [1.82, 2.24) is 4.31 Å². The van der Waals surface area contributed by atoms with E-state index >= 15 is 0 Å². The van der Waals surface area contributed by atoms with Gasteiger partial charge in [0.05, 0.1) is 18.1 Å². The number of aromatic hydroxyl groups is 1. The normalized spacial score (nSPS) is 24.4. The number of nitrogens with zero attached hydrogens (tertiary/aromatic N) is 1. The van der Waals surface area contributed by atoms with Crippen molar-refractivity contribution in [2.75, 3.05) is 32.9 Å². The fraction of sp³-hybridized carbons (Fsp3) is 0.652. The van der Waals surface area contributed by atoms with Crippen LogP contribution >= 0.6 is 0 Å². The average molecular weight is 484 g/mol. The van der Waals surface area contributed by atoms with Gasteiger partial charge in [0, 0.05) is 13.1 Å². The van der Waals surface area contributed by atoms with Gasteiger partial charge in [0.15, 0.2) is 6.61 Å². The monoisotopic (exact) mass is 483 g/mol. The zero-order valence-electron chi connectivity index (χ0n) is 19.4. The number of phenolic OH excluding ortho intramolecular Hbond substituents is 1. The molecule has 0 aromatic heterocycles. The molecule has 2 fully saturated rings. The maximum Gasteiger partial charge on any atom is 0.344 e. The van der Waals surface area contributed by atoms with Crippen LogP contribution in [0.2, 0.25) is 0 Å². The van der Waals surface area contributed by atoms with Crippen LogP contribution in [0.3, 0.4) is 0 Å². The lowest BCUT2D eigenvalue weighted by Gasteiger charge is -2.36. The van der Waals surface area contributed by atoms with Gasteiger partial charge in [0.1, 0.15) is 17.4 Å². The summed E-state index contributed by atoms with van der Waals surface area (Å²) in [5.74, 6) is -1.02. The molecule has 33 heavy (non-hydrogen) atoms. The van der Waals surface area contributed by atoms with Gasteiger partial charge in [0.25, 0.3) is 0 Å². The minimum atomic E-state index is -3.86. The van der Waals surface area contributed by atoms with Gasteiger partial charge in [-0.15, -0.1) is 0 Å². The Kier molecular flexibility index (Phi) is 8.36. The molecule has 9 nitrogen and oxygen atoms in total. The highest BCUT2D eigenvalue weighted by molar-refractivity contribution is 7.89. The van der Waals surface area contributed by atoms with Gasteiger partial charge in [-0.05, 0) is 48.8 Å². The molecule has 3 rings (SSSR count). The molecule has 3 atom stereocenters. The van der Waals surface area contributed by atoms with Crippen molar-refractivity contribution in [1.29, 1.82) is 0 Å². The van der Waals surface area contributed by atoms with Crippen LogP contribution in [-0.4, -0.2) is 68.8 Å². The van der Waals surface area contributed by atoms with Gasteiger partial charge in [-0.25, -0.2) is 18.0 Å². The maximum atomic E-state index is 12.8. The Morgan fingerprint density at radius 1 is 1.21 bits per heavy atom. The Morgan fingerprint density at radius 3 is 2.58 bits per heavy atom. The summed E-state index contributed by atoms with van der Waals surface area (Å²) in [6, 6.07) is 3.41. The molecule has 0 spiro atoms. The molecule has 1 aromatic rings. The van der Waals surface area contributed by atoms with Crippen molar-refractivity contribution in [2.45, 2.75) is 51.0 Å². The Bertz CT molecular complexity index is 955. The number of morpholine rings is 1. The van der Waals surface area contributed by atoms with E-state index in [9.17, 15) is 23.1 Å². The maximum absolute atomic E-state index is 12.8. The summed E-state index contributed by atoms with van der Waals surface area (Å²) in [6.45, 7) is 6.67. The van der Waals surface area contributed by atoms with Crippen molar-refractivity contribution in [3.8, 4) is 5.75 Å². The summed E-state index contributed by atoms with van der Waals surface area (Å²) >= 11 is 0. The summed E-state index contributed by atoms with van der Waals surface area (Å²) in [4.78, 5) is 24.7. The molecule has 0 unspecified atom stereocenters. The number of phenols is 1. The molecule has 0 radical (unpaired) electrons. The highest BCUT2D eigenvalue weighted by Gasteiger charge is 2.34. The first-order chi connectivity index (χ1) is 15.6. The number of carbonyl (C=O) groups is 2. The molecule has 2 aliphatic rings. The third kappa shape index (κ3) is 6.24. The lowest BCUT2D eigenvalue weighted by Crippen LogP contribution is -2.40. The molecular formula is C23H33NO8S. The number of esters is 2. The van der Waals surface area contributed by atoms with Crippen molar-refractivity contribution < 1.29 is 37.3 Å². The van der Waals surface area contributed by atoms with Crippen molar-refractivity contribution in [2.24, 2.45) is 17.8 Å². The molecular weight excluding hydrogens is 450 g/mol. The lowest BCUT2D eigenvalue weighted by molar-refractivity contribution is -0.159.